The lowest BCUT2D eigenvalue weighted by atomic mass is 10.1. The maximum Gasteiger partial charge on any atom is 0.262 e. The molecular weight excluding hydrogens is 410 g/mol. The Bertz CT molecular complexity index is 1210. The van der Waals surface area contributed by atoms with Gasteiger partial charge in [-0.2, -0.15) is 0 Å². The Hall–Kier alpha value is -2.90. The SMILES string of the molecule is Cc1ccc(N=c2scc(-c3ccc4c(c3)NC(=O)CO4)n2CC2CCCO2)cc1C. The summed E-state index contributed by atoms with van der Waals surface area (Å²) in [5.41, 5.74) is 6.22. The number of fused-ring (bicyclic) bond motifs is 1. The maximum atomic E-state index is 11.8. The van der Waals surface area contributed by atoms with Crippen LogP contribution < -0.4 is 14.9 Å². The highest BCUT2D eigenvalue weighted by molar-refractivity contribution is 7.07. The number of benzene rings is 2. The van der Waals surface area contributed by atoms with Gasteiger partial charge in [0.25, 0.3) is 5.91 Å². The summed E-state index contributed by atoms with van der Waals surface area (Å²) < 4.78 is 13.7. The molecule has 7 heteroatoms. The van der Waals surface area contributed by atoms with E-state index in [4.69, 9.17) is 14.5 Å². The van der Waals surface area contributed by atoms with Crippen molar-refractivity contribution < 1.29 is 14.3 Å². The third-order valence-corrected chi connectivity index (χ3v) is 6.69. The lowest BCUT2D eigenvalue weighted by Crippen LogP contribution is -2.25. The Morgan fingerprint density at radius 1 is 1.19 bits per heavy atom. The second-order valence-electron chi connectivity index (χ2n) is 8.08. The minimum absolute atomic E-state index is 0.0583. The first kappa shape index (κ1) is 20.0. The fourth-order valence-corrected chi connectivity index (χ4v) is 4.90. The van der Waals surface area contributed by atoms with Crippen LogP contribution in [-0.2, 0) is 16.1 Å². The number of aryl methyl sites for hydroxylation is 2. The van der Waals surface area contributed by atoms with Gasteiger partial charge in [0.2, 0.25) is 0 Å². The van der Waals surface area contributed by atoms with Crippen molar-refractivity contribution in [2.24, 2.45) is 4.99 Å². The third kappa shape index (κ3) is 4.16. The van der Waals surface area contributed by atoms with Crippen LogP contribution in [0.1, 0.15) is 24.0 Å². The lowest BCUT2D eigenvalue weighted by molar-refractivity contribution is -0.118. The van der Waals surface area contributed by atoms with E-state index in [-0.39, 0.29) is 18.6 Å². The smallest absolute Gasteiger partial charge is 0.262 e. The zero-order valence-electron chi connectivity index (χ0n) is 17.7. The Balaban J connectivity index is 1.59. The van der Waals surface area contributed by atoms with Gasteiger partial charge in [-0.15, -0.1) is 11.3 Å². The molecule has 0 radical (unpaired) electrons. The predicted molar refractivity (Wildman–Crippen MR) is 122 cm³/mol. The van der Waals surface area contributed by atoms with Gasteiger partial charge < -0.3 is 19.4 Å². The van der Waals surface area contributed by atoms with Crippen LogP contribution in [0.5, 0.6) is 5.75 Å². The van der Waals surface area contributed by atoms with E-state index in [1.165, 1.54) is 11.1 Å². The number of carbonyl (C=O) groups is 1. The molecule has 5 rings (SSSR count). The average Bonchev–Trinajstić information content (AvgIpc) is 3.41. The minimum Gasteiger partial charge on any atom is -0.482 e. The normalized spacial score (nSPS) is 18.6. The number of aromatic nitrogens is 1. The Labute approximate surface area is 185 Å². The van der Waals surface area contributed by atoms with Crippen LogP contribution in [0.3, 0.4) is 0 Å². The van der Waals surface area contributed by atoms with Crippen molar-refractivity contribution in [3.63, 3.8) is 0 Å². The predicted octanol–water partition coefficient (Wildman–Crippen LogP) is 4.58. The van der Waals surface area contributed by atoms with E-state index in [0.717, 1.165) is 47.7 Å². The van der Waals surface area contributed by atoms with Crippen molar-refractivity contribution in [3.8, 4) is 17.0 Å². The fourth-order valence-electron chi connectivity index (χ4n) is 3.97. The molecule has 2 aliphatic rings. The number of carbonyl (C=O) groups excluding carboxylic acids is 1. The van der Waals surface area contributed by atoms with Crippen molar-refractivity contribution in [2.45, 2.75) is 39.3 Å². The number of rotatable bonds is 4. The van der Waals surface area contributed by atoms with E-state index in [2.05, 4.69) is 47.3 Å². The van der Waals surface area contributed by atoms with E-state index in [1.54, 1.807) is 11.3 Å². The van der Waals surface area contributed by atoms with Gasteiger partial charge in [-0.1, -0.05) is 6.07 Å². The third-order valence-electron chi connectivity index (χ3n) is 5.83. The molecule has 0 aliphatic carbocycles. The van der Waals surface area contributed by atoms with Crippen LogP contribution in [0.4, 0.5) is 11.4 Å². The fraction of sp³-hybridized carbons (Fsp3) is 0.333. The first-order valence-electron chi connectivity index (χ1n) is 10.6. The largest absolute Gasteiger partial charge is 0.482 e. The van der Waals surface area contributed by atoms with E-state index < -0.39 is 0 Å². The summed E-state index contributed by atoms with van der Waals surface area (Å²) in [5.74, 6) is 0.567. The van der Waals surface area contributed by atoms with Gasteiger partial charge in [0.05, 0.1) is 29.7 Å². The second-order valence-corrected chi connectivity index (χ2v) is 8.91. The van der Waals surface area contributed by atoms with Crippen LogP contribution in [0, 0.1) is 13.8 Å². The second kappa shape index (κ2) is 8.32. The standard InChI is InChI=1S/C24H25N3O3S/c1-15-5-7-18(10-16(15)2)25-24-27(12-19-4-3-9-29-19)21(14-31-24)17-6-8-22-20(11-17)26-23(28)13-30-22/h5-8,10-11,14,19H,3-4,9,12-13H2,1-2H3,(H,26,28). The first-order chi connectivity index (χ1) is 15.1. The Morgan fingerprint density at radius 2 is 2.10 bits per heavy atom. The summed E-state index contributed by atoms with van der Waals surface area (Å²) in [6, 6.07) is 12.2. The summed E-state index contributed by atoms with van der Waals surface area (Å²) >= 11 is 1.62. The van der Waals surface area contributed by atoms with Gasteiger partial charge in [0.1, 0.15) is 5.75 Å². The number of anilines is 1. The number of hydrogen-bond acceptors (Lipinski definition) is 5. The molecule has 0 saturated carbocycles. The number of nitrogens with one attached hydrogen (secondary N) is 1. The monoisotopic (exact) mass is 435 g/mol. The molecule has 0 bridgehead atoms. The molecule has 1 unspecified atom stereocenters. The first-order valence-corrected chi connectivity index (χ1v) is 11.4. The number of amides is 1. The number of thiazole rings is 1. The molecule has 2 aromatic carbocycles. The van der Waals surface area contributed by atoms with Gasteiger partial charge >= 0.3 is 0 Å². The molecule has 1 fully saturated rings. The van der Waals surface area contributed by atoms with E-state index in [9.17, 15) is 4.79 Å². The van der Waals surface area contributed by atoms with Crippen LogP contribution >= 0.6 is 11.3 Å². The van der Waals surface area contributed by atoms with Crippen molar-refractivity contribution in [1.29, 1.82) is 0 Å². The Morgan fingerprint density at radius 3 is 2.90 bits per heavy atom. The van der Waals surface area contributed by atoms with Crippen molar-refractivity contribution >= 4 is 28.6 Å². The molecule has 31 heavy (non-hydrogen) atoms. The maximum absolute atomic E-state index is 11.8. The van der Waals surface area contributed by atoms with Crippen LogP contribution in [0.15, 0.2) is 46.8 Å². The molecule has 3 heterocycles. The minimum atomic E-state index is -0.132. The van der Waals surface area contributed by atoms with Gasteiger partial charge in [-0.05, 0) is 68.1 Å². The summed E-state index contributed by atoms with van der Waals surface area (Å²) in [7, 11) is 0. The number of nitrogens with zero attached hydrogens (tertiary/aromatic N) is 2. The molecule has 0 spiro atoms. The van der Waals surface area contributed by atoms with E-state index >= 15 is 0 Å². The quantitative estimate of drug-likeness (QED) is 0.653. The highest BCUT2D eigenvalue weighted by Crippen LogP contribution is 2.33. The highest BCUT2D eigenvalue weighted by Gasteiger charge is 2.21. The van der Waals surface area contributed by atoms with Crippen LogP contribution in [0.25, 0.3) is 11.3 Å². The molecule has 1 aromatic heterocycles. The summed E-state index contributed by atoms with van der Waals surface area (Å²) in [5, 5.41) is 5.03. The van der Waals surface area contributed by atoms with Crippen molar-refractivity contribution in [2.75, 3.05) is 18.5 Å². The van der Waals surface area contributed by atoms with Crippen LogP contribution in [0.2, 0.25) is 0 Å². The molecule has 3 aromatic rings. The Kier molecular flexibility index (Phi) is 5.38. The summed E-state index contributed by atoms with van der Waals surface area (Å²) in [6.07, 6.45) is 2.34. The number of hydrogen-bond donors (Lipinski definition) is 1. The highest BCUT2D eigenvalue weighted by atomic mass is 32.1. The molecule has 1 amide bonds. The molecule has 2 aliphatic heterocycles. The topological polar surface area (TPSA) is 64.8 Å². The van der Waals surface area contributed by atoms with Crippen molar-refractivity contribution in [3.05, 3.63) is 57.7 Å². The van der Waals surface area contributed by atoms with Gasteiger partial charge in [0.15, 0.2) is 11.4 Å². The van der Waals surface area contributed by atoms with Gasteiger partial charge in [-0.3, -0.25) is 4.79 Å². The average molecular weight is 436 g/mol. The molecule has 160 valence electrons. The molecule has 1 N–H and O–H groups in total. The molecule has 1 saturated heterocycles. The van der Waals surface area contributed by atoms with E-state index in [1.807, 2.05) is 18.2 Å². The van der Waals surface area contributed by atoms with Crippen LogP contribution in [-0.4, -0.2) is 29.8 Å². The van der Waals surface area contributed by atoms with Crippen molar-refractivity contribution in [1.82, 2.24) is 4.57 Å². The summed E-state index contributed by atoms with van der Waals surface area (Å²) in [4.78, 5) is 17.7. The zero-order valence-corrected chi connectivity index (χ0v) is 18.5. The van der Waals surface area contributed by atoms with Gasteiger partial charge in [0, 0.05) is 17.6 Å². The number of ether oxygens (including phenoxy) is 2. The van der Waals surface area contributed by atoms with E-state index in [0.29, 0.717) is 11.4 Å². The lowest BCUT2D eigenvalue weighted by Gasteiger charge is -2.19. The summed E-state index contributed by atoms with van der Waals surface area (Å²) in [6.45, 7) is 5.85. The molecule has 6 nitrogen and oxygen atoms in total. The van der Waals surface area contributed by atoms with Gasteiger partial charge in [-0.25, -0.2) is 4.99 Å². The zero-order chi connectivity index (χ0) is 21.4. The molecular formula is C24H25N3O3S. The molecule has 1 atom stereocenters.